The Labute approximate surface area is 104 Å². The van der Waals surface area contributed by atoms with Crippen molar-refractivity contribution in [2.75, 3.05) is 20.2 Å². The molecule has 2 aliphatic heterocycles. The van der Waals surface area contributed by atoms with Gasteiger partial charge in [-0.15, -0.1) is 0 Å². The van der Waals surface area contributed by atoms with Crippen LogP contribution in [-0.2, 0) is 9.53 Å². The van der Waals surface area contributed by atoms with Crippen LogP contribution in [0.3, 0.4) is 0 Å². The highest BCUT2D eigenvalue weighted by atomic mass is 16.5. The first-order valence-corrected chi connectivity index (χ1v) is 6.73. The zero-order valence-electron chi connectivity index (χ0n) is 11.1. The number of ether oxygens (including phenoxy) is 1. The SMILES string of the molecule is CC1NCCCC1C(=O)N(C)C1CCOC1C. The molecule has 2 rings (SSSR count). The summed E-state index contributed by atoms with van der Waals surface area (Å²) in [6.07, 6.45) is 3.26. The molecule has 1 amide bonds. The largest absolute Gasteiger partial charge is 0.376 e. The molecule has 0 radical (unpaired) electrons. The van der Waals surface area contributed by atoms with Gasteiger partial charge in [0.1, 0.15) is 0 Å². The molecule has 0 aromatic rings. The van der Waals surface area contributed by atoms with Crippen LogP contribution in [-0.4, -0.2) is 49.2 Å². The van der Waals surface area contributed by atoms with Gasteiger partial charge >= 0.3 is 0 Å². The Hall–Kier alpha value is -0.610. The van der Waals surface area contributed by atoms with E-state index in [1.54, 1.807) is 0 Å². The van der Waals surface area contributed by atoms with Gasteiger partial charge in [-0.2, -0.15) is 0 Å². The minimum atomic E-state index is 0.140. The van der Waals surface area contributed by atoms with E-state index in [2.05, 4.69) is 19.2 Å². The maximum Gasteiger partial charge on any atom is 0.227 e. The number of amides is 1. The van der Waals surface area contributed by atoms with Crippen molar-refractivity contribution >= 4 is 5.91 Å². The van der Waals surface area contributed by atoms with Gasteiger partial charge in [0.25, 0.3) is 0 Å². The van der Waals surface area contributed by atoms with Gasteiger partial charge in [0.2, 0.25) is 5.91 Å². The van der Waals surface area contributed by atoms with E-state index >= 15 is 0 Å². The first-order chi connectivity index (χ1) is 8.11. The molecule has 2 saturated heterocycles. The lowest BCUT2D eigenvalue weighted by atomic mass is 9.90. The number of nitrogens with zero attached hydrogens (tertiary/aromatic N) is 1. The summed E-state index contributed by atoms with van der Waals surface area (Å²) in [5.74, 6) is 0.425. The van der Waals surface area contributed by atoms with Crippen LogP contribution < -0.4 is 5.32 Å². The molecular weight excluding hydrogens is 216 g/mol. The predicted octanol–water partition coefficient (Wildman–Crippen LogP) is 1.01. The number of nitrogens with one attached hydrogen (secondary N) is 1. The fourth-order valence-corrected chi connectivity index (χ4v) is 3.04. The summed E-state index contributed by atoms with van der Waals surface area (Å²) in [5, 5.41) is 3.39. The first kappa shape index (κ1) is 12.8. The second-order valence-electron chi connectivity index (χ2n) is 5.37. The summed E-state index contributed by atoms with van der Waals surface area (Å²) in [6.45, 7) is 5.99. The van der Waals surface area contributed by atoms with Gasteiger partial charge in [-0.05, 0) is 39.7 Å². The van der Waals surface area contributed by atoms with Crippen LogP contribution in [0.4, 0.5) is 0 Å². The second-order valence-corrected chi connectivity index (χ2v) is 5.37. The summed E-state index contributed by atoms with van der Waals surface area (Å²) >= 11 is 0. The molecule has 4 atom stereocenters. The molecular formula is C13H24N2O2. The smallest absolute Gasteiger partial charge is 0.227 e. The summed E-state index contributed by atoms with van der Waals surface area (Å²) in [5.41, 5.74) is 0. The molecule has 2 heterocycles. The monoisotopic (exact) mass is 240 g/mol. The Morgan fingerprint density at radius 1 is 1.35 bits per heavy atom. The molecule has 1 N–H and O–H groups in total. The number of carbonyl (C=O) groups excluding carboxylic acids is 1. The third-order valence-corrected chi connectivity index (χ3v) is 4.26. The highest BCUT2D eigenvalue weighted by Crippen LogP contribution is 2.24. The topological polar surface area (TPSA) is 41.6 Å². The van der Waals surface area contributed by atoms with E-state index in [0.29, 0.717) is 6.04 Å². The third-order valence-electron chi connectivity index (χ3n) is 4.26. The van der Waals surface area contributed by atoms with E-state index < -0.39 is 0 Å². The van der Waals surface area contributed by atoms with Gasteiger partial charge in [-0.25, -0.2) is 0 Å². The van der Waals surface area contributed by atoms with E-state index in [-0.39, 0.29) is 24.0 Å². The van der Waals surface area contributed by atoms with Crippen LogP contribution in [0.2, 0.25) is 0 Å². The predicted molar refractivity (Wildman–Crippen MR) is 66.8 cm³/mol. The molecule has 0 spiro atoms. The van der Waals surface area contributed by atoms with E-state index in [1.165, 1.54) is 0 Å². The quantitative estimate of drug-likeness (QED) is 0.783. The minimum Gasteiger partial charge on any atom is -0.376 e. The van der Waals surface area contributed by atoms with Crippen LogP contribution in [0.1, 0.15) is 33.1 Å². The lowest BCUT2D eigenvalue weighted by Gasteiger charge is -2.35. The van der Waals surface area contributed by atoms with E-state index in [0.717, 1.165) is 32.4 Å². The average Bonchev–Trinajstić information content (AvgIpc) is 2.74. The lowest BCUT2D eigenvalue weighted by molar-refractivity contribution is -0.139. The van der Waals surface area contributed by atoms with E-state index in [1.807, 2.05) is 11.9 Å². The average molecular weight is 240 g/mol. The standard InChI is InChI=1S/C13H24N2O2/c1-9-11(5-4-7-14-9)13(16)15(3)12-6-8-17-10(12)2/h9-12,14H,4-8H2,1-3H3. The summed E-state index contributed by atoms with van der Waals surface area (Å²) < 4.78 is 5.54. The Kier molecular flexibility index (Phi) is 4.05. The van der Waals surface area contributed by atoms with E-state index in [4.69, 9.17) is 4.74 Å². The van der Waals surface area contributed by atoms with Crippen LogP contribution >= 0.6 is 0 Å². The molecule has 0 aromatic carbocycles. The Balaban J connectivity index is 1.98. The molecule has 17 heavy (non-hydrogen) atoms. The molecule has 2 fully saturated rings. The van der Waals surface area contributed by atoms with Crippen LogP contribution in [0.15, 0.2) is 0 Å². The van der Waals surface area contributed by atoms with Gasteiger partial charge < -0.3 is 15.0 Å². The lowest BCUT2D eigenvalue weighted by Crippen LogP contribution is -2.50. The number of rotatable bonds is 2. The molecule has 4 heteroatoms. The zero-order valence-corrected chi connectivity index (χ0v) is 11.1. The molecule has 4 unspecified atom stereocenters. The van der Waals surface area contributed by atoms with Crippen molar-refractivity contribution in [2.24, 2.45) is 5.92 Å². The Morgan fingerprint density at radius 3 is 2.71 bits per heavy atom. The highest BCUT2D eigenvalue weighted by Gasteiger charge is 2.36. The van der Waals surface area contributed by atoms with Crippen LogP contribution in [0.5, 0.6) is 0 Å². The van der Waals surface area contributed by atoms with Gasteiger partial charge in [0, 0.05) is 19.7 Å². The van der Waals surface area contributed by atoms with Crippen molar-refractivity contribution in [2.45, 2.75) is 51.3 Å². The number of hydrogen-bond donors (Lipinski definition) is 1. The third kappa shape index (κ3) is 2.63. The number of likely N-dealkylation sites (N-methyl/N-ethyl adjacent to an activating group) is 1. The molecule has 0 aromatic heterocycles. The molecule has 0 bridgehead atoms. The normalized spacial score (nSPS) is 38.1. The first-order valence-electron chi connectivity index (χ1n) is 6.73. The van der Waals surface area contributed by atoms with Gasteiger partial charge in [-0.3, -0.25) is 4.79 Å². The molecule has 4 nitrogen and oxygen atoms in total. The van der Waals surface area contributed by atoms with Crippen LogP contribution in [0, 0.1) is 5.92 Å². The minimum absolute atomic E-state index is 0.140. The Morgan fingerprint density at radius 2 is 2.12 bits per heavy atom. The second kappa shape index (κ2) is 5.36. The van der Waals surface area contributed by atoms with Crippen molar-refractivity contribution in [3.63, 3.8) is 0 Å². The maximum absolute atomic E-state index is 12.5. The number of hydrogen-bond acceptors (Lipinski definition) is 3. The highest BCUT2D eigenvalue weighted by molar-refractivity contribution is 5.79. The van der Waals surface area contributed by atoms with Crippen molar-refractivity contribution in [3.05, 3.63) is 0 Å². The van der Waals surface area contributed by atoms with Gasteiger partial charge in [-0.1, -0.05) is 0 Å². The maximum atomic E-state index is 12.5. The summed E-state index contributed by atoms with van der Waals surface area (Å²) in [4.78, 5) is 14.4. The number of carbonyl (C=O) groups is 1. The Bertz CT molecular complexity index is 283. The van der Waals surface area contributed by atoms with Crippen LogP contribution in [0.25, 0.3) is 0 Å². The number of piperidine rings is 1. The molecule has 0 aliphatic carbocycles. The van der Waals surface area contributed by atoms with Crippen molar-refractivity contribution in [1.82, 2.24) is 10.2 Å². The van der Waals surface area contributed by atoms with Crippen molar-refractivity contribution in [3.8, 4) is 0 Å². The van der Waals surface area contributed by atoms with E-state index in [9.17, 15) is 4.79 Å². The zero-order chi connectivity index (χ0) is 12.4. The van der Waals surface area contributed by atoms with Gasteiger partial charge in [0.05, 0.1) is 18.1 Å². The fourth-order valence-electron chi connectivity index (χ4n) is 3.04. The molecule has 2 aliphatic rings. The molecule has 98 valence electrons. The summed E-state index contributed by atoms with van der Waals surface area (Å²) in [7, 11) is 1.93. The van der Waals surface area contributed by atoms with Gasteiger partial charge in [0.15, 0.2) is 0 Å². The molecule has 0 saturated carbocycles. The van der Waals surface area contributed by atoms with Crippen molar-refractivity contribution < 1.29 is 9.53 Å². The van der Waals surface area contributed by atoms with Crippen molar-refractivity contribution in [1.29, 1.82) is 0 Å². The summed E-state index contributed by atoms with van der Waals surface area (Å²) in [6, 6.07) is 0.563. The fraction of sp³-hybridized carbons (Fsp3) is 0.923.